The number of nitrogens with two attached hydrogens (primary N) is 1. The van der Waals surface area contributed by atoms with E-state index in [1.54, 1.807) is 11.8 Å². The number of nitrogens with zero attached hydrogens (tertiary/aromatic N) is 1. The highest BCUT2D eigenvalue weighted by atomic mass is 32.2. The van der Waals surface area contributed by atoms with Crippen molar-refractivity contribution in [3.8, 4) is 0 Å². The van der Waals surface area contributed by atoms with Gasteiger partial charge in [0.1, 0.15) is 0 Å². The molecular weight excluding hydrogens is 252 g/mol. The number of hydrogen-bond donors (Lipinski definition) is 1. The van der Waals surface area contributed by atoms with Crippen molar-refractivity contribution in [2.75, 3.05) is 30.9 Å². The Morgan fingerprint density at radius 1 is 1.47 bits per heavy atom. The Kier molecular flexibility index (Phi) is 6.74. The summed E-state index contributed by atoms with van der Waals surface area (Å²) in [5, 5.41) is 0.161. The molecule has 0 spiro atoms. The maximum absolute atomic E-state index is 12.1. The van der Waals surface area contributed by atoms with Crippen LogP contribution in [-0.4, -0.2) is 52.9 Å². The molecule has 1 fully saturated rings. The number of carbonyl (C=O) groups is 1. The lowest BCUT2D eigenvalue weighted by molar-refractivity contribution is -0.129. The molecule has 2 unspecified atom stereocenters. The number of rotatable bonds is 5. The van der Waals surface area contributed by atoms with Crippen molar-refractivity contribution in [1.82, 2.24) is 4.90 Å². The highest BCUT2D eigenvalue weighted by Crippen LogP contribution is 2.25. The third-order valence-corrected chi connectivity index (χ3v) is 5.86. The van der Waals surface area contributed by atoms with Crippen molar-refractivity contribution in [2.45, 2.75) is 31.6 Å². The third-order valence-electron chi connectivity index (χ3n) is 3.12. The molecule has 1 heterocycles. The topological polar surface area (TPSA) is 46.3 Å². The highest BCUT2D eigenvalue weighted by Gasteiger charge is 2.25. The van der Waals surface area contributed by atoms with Crippen LogP contribution in [0.5, 0.6) is 0 Å². The molecule has 1 aliphatic rings. The zero-order chi connectivity index (χ0) is 12.8. The van der Waals surface area contributed by atoms with Crippen LogP contribution in [0.1, 0.15) is 20.3 Å². The summed E-state index contributed by atoms with van der Waals surface area (Å²) in [7, 11) is 1.90. The van der Waals surface area contributed by atoms with Crippen molar-refractivity contribution in [3.05, 3.63) is 0 Å². The van der Waals surface area contributed by atoms with E-state index >= 15 is 0 Å². The van der Waals surface area contributed by atoms with Gasteiger partial charge < -0.3 is 10.6 Å². The molecule has 0 aromatic rings. The molecule has 1 aliphatic heterocycles. The molecule has 0 radical (unpaired) electrons. The maximum atomic E-state index is 12.1. The van der Waals surface area contributed by atoms with Crippen LogP contribution >= 0.6 is 23.5 Å². The van der Waals surface area contributed by atoms with E-state index in [4.69, 9.17) is 5.73 Å². The number of amides is 1. The second-order valence-electron chi connectivity index (χ2n) is 4.89. The van der Waals surface area contributed by atoms with Crippen LogP contribution in [0, 0.1) is 5.92 Å². The first-order chi connectivity index (χ1) is 8.02. The summed E-state index contributed by atoms with van der Waals surface area (Å²) in [4.78, 5) is 14.0. The average molecular weight is 276 g/mol. The van der Waals surface area contributed by atoms with Gasteiger partial charge in [-0.1, -0.05) is 13.8 Å². The summed E-state index contributed by atoms with van der Waals surface area (Å²) in [6.07, 6.45) is 0.893. The van der Waals surface area contributed by atoms with Crippen LogP contribution in [-0.2, 0) is 4.79 Å². The van der Waals surface area contributed by atoms with Gasteiger partial charge in [0.2, 0.25) is 5.91 Å². The van der Waals surface area contributed by atoms with E-state index in [0.29, 0.717) is 5.92 Å². The predicted octanol–water partition coefficient (Wildman–Crippen LogP) is 1.67. The molecule has 100 valence electrons. The first-order valence-corrected chi connectivity index (χ1v) is 8.42. The molecule has 1 saturated heterocycles. The van der Waals surface area contributed by atoms with E-state index in [1.807, 2.05) is 23.7 Å². The van der Waals surface area contributed by atoms with E-state index in [-0.39, 0.29) is 17.2 Å². The van der Waals surface area contributed by atoms with Gasteiger partial charge in [-0.3, -0.25) is 4.79 Å². The molecule has 0 bridgehead atoms. The Balaban J connectivity index is 2.30. The predicted molar refractivity (Wildman–Crippen MR) is 78.6 cm³/mol. The molecule has 17 heavy (non-hydrogen) atoms. The zero-order valence-corrected chi connectivity index (χ0v) is 12.6. The average Bonchev–Trinajstić information content (AvgIpc) is 2.35. The molecule has 0 aromatic heterocycles. The molecule has 0 aliphatic carbocycles. The second-order valence-corrected chi connectivity index (χ2v) is 7.35. The smallest absolute Gasteiger partial charge is 0.236 e. The fraction of sp³-hybridized carbons (Fsp3) is 0.917. The van der Waals surface area contributed by atoms with Crippen molar-refractivity contribution >= 4 is 29.4 Å². The Labute approximate surface area is 113 Å². The SMILES string of the molecule is CC(C)C(N)CCN(C)C(=O)C1CSCCS1. The largest absolute Gasteiger partial charge is 0.345 e. The lowest BCUT2D eigenvalue weighted by atomic mass is 10.0. The van der Waals surface area contributed by atoms with Crippen molar-refractivity contribution in [3.63, 3.8) is 0 Å². The van der Waals surface area contributed by atoms with Crippen LogP contribution in [0.2, 0.25) is 0 Å². The van der Waals surface area contributed by atoms with E-state index in [2.05, 4.69) is 13.8 Å². The number of hydrogen-bond acceptors (Lipinski definition) is 4. The summed E-state index contributed by atoms with van der Waals surface area (Å²) in [6.45, 7) is 5.03. The monoisotopic (exact) mass is 276 g/mol. The summed E-state index contributed by atoms with van der Waals surface area (Å²) >= 11 is 3.68. The van der Waals surface area contributed by atoms with E-state index in [9.17, 15) is 4.79 Å². The molecule has 5 heteroatoms. The zero-order valence-electron chi connectivity index (χ0n) is 11.0. The molecule has 2 N–H and O–H groups in total. The lowest BCUT2D eigenvalue weighted by Crippen LogP contribution is -2.40. The van der Waals surface area contributed by atoms with Crippen molar-refractivity contribution < 1.29 is 4.79 Å². The van der Waals surface area contributed by atoms with Crippen LogP contribution in [0.25, 0.3) is 0 Å². The Morgan fingerprint density at radius 3 is 2.71 bits per heavy atom. The fourth-order valence-electron chi connectivity index (χ4n) is 1.66. The Hall–Kier alpha value is 0.130. The van der Waals surface area contributed by atoms with Crippen molar-refractivity contribution in [1.29, 1.82) is 0 Å². The third kappa shape index (κ3) is 5.10. The highest BCUT2D eigenvalue weighted by molar-refractivity contribution is 8.07. The van der Waals surface area contributed by atoms with Gasteiger partial charge in [-0.05, 0) is 12.3 Å². The molecule has 3 nitrogen and oxygen atoms in total. The minimum Gasteiger partial charge on any atom is -0.345 e. The van der Waals surface area contributed by atoms with Gasteiger partial charge in [-0.25, -0.2) is 0 Å². The van der Waals surface area contributed by atoms with Gasteiger partial charge in [-0.15, -0.1) is 11.8 Å². The Bertz CT molecular complexity index is 243. The van der Waals surface area contributed by atoms with Crippen LogP contribution < -0.4 is 5.73 Å². The van der Waals surface area contributed by atoms with E-state index in [0.717, 1.165) is 24.5 Å². The molecular formula is C12H24N2OS2. The van der Waals surface area contributed by atoms with E-state index < -0.39 is 0 Å². The molecule has 0 aromatic carbocycles. The first kappa shape index (κ1) is 15.2. The van der Waals surface area contributed by atoms with Gasteiger partial charge in [0.25, 0.3) is 0 Å². The molecule has 0 saturated carbocycles. The van der Waals surface area contributed by atoms with Crippen LogP contribution in [0.15, 0.2) is 0 Å². The standard InChI is InChI=1S/C12H24N2OS2/c1-9(2)10(13)4-5-14(3)12(15)11-8-16-6-7-17-11/h9-11H,4-8,13H2,1-3H3. The summed E-state index contributed by atoms with van der Waals surface area (Å²) in [6, 6.07) is 0.193. The summed E-state index contributed by atoms with van der Waals surface area (Å²) in [5.74, 6) is 4.00. The van der Waals surface area contributed by atoms with Crippen LogP contribution in [0.3, 0.4) is 0 Å². The van der Waals surface area contributed by atoms with Gasteiger partial charge in [0.15, 0.2) is 0 Å². The number of carbonyl (C=O) groups excluding carboxylic acids is 1. The molecule has 2 atom stereocenters. The maximum Gasteiger partial charge on any atom is 0.236 e. The fourth-order valence-corrected chi connectivity index (χ4v) is 4.32. The van der Waals surface area contributed by atoms with Gasteiger partial charge in [0, 0.05) is 36.9 Å². The first-order valence-electron chi connectivity index (χ1n) is 6.22. The molecule has 1 amide bonds. The normalized spacial score (nSPS) is 22.5. The minimum atomic E-state index is 0.161. The second kappa shape index (κ2) is 7.54. The molecule has 1 rings (SSSR count). The van der Waals surface area contributed by atoms with Crippen molar-refractivity contribution in [2.24, 2.45) is 11.7 Å². The Morgan fingerprint density at radius 2 is 2.18 bits per heavy atom. The quantitative estimate of drug-likeness (QED) is 0.830. The van der Waals surface area contributed by atoms with Gasteiger partial charge in [-0.2, -0.15) is 11.8 Å². The van der Waals surface area contributed by atoms with Gasteiger partial charge >= 0.3 is 0 Å². The van der Waals surface area contributed by atoms with Crippen LogP contribution in [0.4, 0.5) is 0 Å². The summed E-state index contributed by atoms with van der Waals surface area (Å²) in [5.41, 5.74) is 6.00. The number of thioether (sulfide) groups is 2. The minimum absolute atomic E-state index is 0.161. The lowest BCUT2D eigenvalue weighted by Gasteiger charge is -2.27. The van der Waals surface area contributed by atoms with Gasteiger partial charge in [0.05, 0.1) is 5.25 Å². The van der Waals surface area contributed by atoms with E-state index in [1.165, 1.54) is 5.75 Å². The summed E-state index contributed by atoms with van der Waals surface area (Å²) < 4.78 is 0.